The highest BCUT2D eigenvalue weighted by molar-refractivity contribution is 7.99. The van der Waals surface area contributed by atoms with Crippen molar-refractivity contribution in [1.29, 1.82) is 0 Å². The van der Waals surface area contributed by atoms with E-state index in [0.29, 0.717) is 27.5 Å². The molecule has 0 aliphatic heterocycles. The summed E-state index contributed by atoms with van der Waals surface area (Å²) >= 11 is 1.22. The zero-order valence-electron chi connectivity index (χ0n) is 15.1. The highest BCUT2D eigenvalue weighted by Gasteiger charge is 2.15. The van der Waals surface area contributed by atoms with Crippen LogP contribution in [0.1, 0.15) is 27.2 Å². The Morgan fingerprint density at radius 1 is 1.11 bits per heavy atom. The van der Waals surface area contributed by atoms with E-state index in [4.69, 9.17) is 0 Å². The smallest absolute Gasteiger partial charge is 0.257 e. The number of benzene rings is 2. The average molecular weight is 382 g/mol. The number of thioether (sulfide) groups is 1. The molecule has 1 aromatic heterocycles. The number of Topliss-reactive ketones (excluding diaryl/α,β-unsaturated/α-hetero) is 1. The summed E-state index contributed by atoms with van der Waals surface area (Å²) in [7, 11) is 1.62. The van der Waals surface area contributed by atoms with E-state index in [2.05, 4.69) is 4.98 Å². The molecule has 0 bridgehead atoms. The number of rotatable bonds is 6. The zero-order valence-corrected chi connectivity index (χ0v) is 15.9. The predicted molar refractivity (Wildman–Crippen MR) is 105 cm³/mol. The molecular formula is C21H19FN2O2S. The van der Waals surface area contributed by atoms with Crippen molar-refractivity contribution in [3.63, 3.8) is 0 Å². The molecule has 138 valence electrons. The molecular weight excluding hydrogens is 363 g/mol. The Balaban J connectivity index is 1.82. The van der Waals surface area contributed by atoms with Gasteiger partial charge in [-0.2, -0.15) is 0 Å². The van der Waals surface area contributed by atoms with Gasteiger partial charge in [0.1, 0.15) is 5.82 Å². The lowest BCUT2D eigenvalue weighted by molar-refractivity contribution is 0.102. The van der Waals surface area contributed by atoms with E-state index in [1.807, 2.05) is 18.2 Å². The second kappa shape index (κ2) is 8.31. The van der Waals surface area contributed by atoms with Crippen LogP contribution >= 0.6 is 11.8 Å². The number of hydrogen-bond donors (Lipinski definition) is 0. The van der Waals surface area contributed by atoms with Gasteiger partial charge in [-0.15, -0.1) is 0 Å². The molecule has 3 aromatic rings. The van der Waals surface area contributed by atoms with Gasteiger partial charge >= 0.3 is 0 Å². The van der Waals surface area contributed by atoms with E-state index in [9.17, 15) is 14.0 Å². The Morgan fingerprint density at radius 2 is 1.78 bits per heavy atom. The van der Waals surface area contributed by atoms with Gasteiger partial charge in [-0.25, -0.2) is 9.37 Å². The van der Waals surface area contributed by atoms with Crippen molar-refractivity contribution in [2.45, 2.75) is 18.5 Å². The van der Waals surface area contributed by atoms with Gasteiger partial charge < -0.3 is 0 Å². The molecule has 4 nitrogen and oxygen atoms in total. The molecule has 2 aromatic carbocycles. The Hall–Kier alpha value is -2.73. The van der Waals surface area contributed by atoms with Crippen molar-refractivity contribution in [3.8, 4) is 0 Å². The topological polar surface area (TPSA) is 52.0 Å². The van der Waals surface area contributed by atoms with E-state index in [0.717, 1.165) is 0 Å². The molecule has 0 spiro atoms. The van der Waals surface area contributed by atoms with E-state index in [1.54, 1.807) is 44.3 Å². The van der Waals surface area contributed by atoms with Gasteiger partial charge in [-0.3, -0.25) is 14.2 Å². The van der Waals surface area contributed by atoms with Gasteiger partial charge in [0.05, 0.1) is 5.75 Å². The number of carbonyl (C=O) groups is 1. The summed E-state index contributed by atoms with van der Waals surface area (Å²) in [5, 5.41) is 0.471. The van der Waals surface area contributed by atoms with Crippen molar-refractivity contribution < 1.29 is 9.18 Å². The maximum absolute atomic E-state index is 13.9. The van der Waals surface area contributed by atoms with Gasteiger partial charge in [0, 0.05) is 30.3 Å². The first-order valence-electron chi connectivity index (χ1n) is 8.48. The number of hydrogen-bond acceptors (Lipinski definition) is 4. The van der Waals surface area contributed by atoms with Gasteiger partial charge in [-0.05, 0) is 18.6 Å². The third kappa shape index (κ3) is 4.34. The summed E-state index contributed by atoms with van der Waals surface area (Å²) in [5.74, 6) is -0.176. The molecule has 6 heteroatoms. The molecule has 0 saturated heterocycles. The van der Waals surface area contributed by atoms with Crippen LogP contribution in [0.3, 0.4) is 0 Å². The fourth-order valence-corrected chi connectivity index (χ4v) is 3.64. The molecule has 3 rings (SSSR count). The van der Waals surface area contributed by atoms with Crippen molar-refractivity contribution in [1.82, 2.24) is 9.55 Å². The van der Waals surface area contributed by atoms with Crippen LogP contribution in [0, 0.1) is 12.7 Å². The summed E-state index contributed by atoms with van der Waals surface area (Å²) in [4.78, 5) is 29.5. The molecule has 27 heavy (non-hydrogen) atoms. The predicted octanol–water partition coefficient (Wildman–Crippen LogP) is 3.79. The normalized spacial score (nSPS) is 10.8. The lowest BCUT2D eigenvalue weighted by Gasteiger charge is -2.12. The molecule has 0 radical (unpaired) electrons. The third-order valence-corrected chi connectivity index (χ3v) is 5.33. The summed E-state index contributed by atoms with van der Waals surface area (Å²) < 4.78 is 15.3. The summed E-state index contributed by atoms with van der Waals surface area (Å²) in [6.45, 7) is 1.74. The maximum Gasteiger partial charge on any atom is 0.257 e. The Kier molecular flexibility index (Phi) is 5.86. The maximum atomic E-state index is 13.9. The lowest BCUT2D eigenvalue weighted by Crippen LogP contribution is -2.26. The Labute approximate surface area is 161 Å². The Morgan fingerprint density at radius 3 is 2.48 bits per heavy atom. The van der Waals surface area contributed by atoms with Crippen LogP contribution in [0.15, 0.2) is 64.5 Å². The highest BCUT2D eigenvalue weighted by atomic mass is 32.2. The van der Waals surface area contributed by atoms with Crippen LogP contribution in [-0.4, -0.2) is 21.1 Å². The second-order valence-corrected chi connectivity index (χ2v) is 7.11. The quantitative estimate of drug-likeness (QED) is 0.370. The summed E-state index contributed by atoms with van der Waals surface area (Å²) in [6.07, 6.45) is 0.187. The van der Waals surface area contributed by atoms with E-state index >= 15 is 0 Å². The number of aryl methyl sites for hydroxylation is 1. The number of ketones is 1. The Bertz CT molecular complexity index is 1030. The van der Waals surface area contributed by atoms with Gasteiger partial charge in [0.15, 0.2) is 10.9 Å². The first-order valence-corrected chi connectivity index (χ1v) is 9.47. The second-order valence-electron chi connectivity index (χ2n) is 6.17. The van der Waals surface area contributed by atoms with Crippen LogP contribution in [0.4, 0.5) is 4.39 Å². The van der Waals surface area contributed by atoms with Crippen LogP contribution < -0.4 is 5.56 Å². The first-order chi connectivity index (χ1) is 13.0. The molecule has 0 aliphatic rings. The van der Waals surface area contributed by atoms with Gasteiger partial charge in [-0.1, -0.05) is 60.3 Å². The zero-order chi connectivity index (χ0) is 19.4. The fourth-order valence-electron chi connectivity index (χ4n) is 2.73. The third-order valence-electron chi connectivity index (χ3n) is 4.30. The van der Waals surface area contributed by atoms with E-state index in [1.165, 1.54) is 22.4 Å². The van der Waals surface area contributed by atoms with Crippen molar-refractivity contribution in [3.05, 3.63) is 93.2 Å². The molecule has 0 unspecified atom stereocenters. The van der Waals surface area contributed by atoms with Gasteiger partial charge in [0.2, 0.25) is 0 Å². The van der Waals surface area contributed by atoms with Crippen molar-refractivity contribution in [2.24, 2.45) is 7.05 Å². The van der Waals surface area contributed by atoms with Crippen LogP contribution in [0.25, 0.3) is 0 Å². The van der Waals surface area contributed by atoms with E-state index < -0.39 is 0 Å². The van der Waals surface area contributed by atoms with Crippen LogP contribution in [0.5, 0.6) is 0 Å². The van der Waals surface area contributed by atoms with Crippen molar-refractivity contribution in [2.75, 3.05) is 5.75 Å². The minimum Gasteiger partial charge on any atom is -0.293 e. The number of halogens is 1. The number of carbonyl (C=O) groups excluding carboxylic acids is 1. The molecule has 0 atom stereocenters. The highest BCUT2D eigenvalue weighted by Crippen LogP contribution is 2.19. The van der Waals surface area contributed by atoms with Gasteiger partial charge in [0.25, 0.3) is 5.56 Å². The standard InChI is InChI=1S/C21H19FN2O2S/c1-14-17(12-16-10-6-7-11-18(16)22)20(26)24(2)21(23-14)27-13-19(25)15-8-4-3-5-9-15/h3-11H,12-13H2,1-2H3. The lowest BCUT2D eigenvalue weighted by atomic mass is 10.0. The van der Waals surface area contributed by atoms with Crippen molar-refractivity contribution >= 4 is 17.5 Å². The average Bonchev–Trinajstić information content (AvgIpc) is 2.68. The first kappa shape index (κ1) is 19.0. The summed E-state index contributed by atoms with van der Waals surface area (Å²) in [6, 6.07) is 15.4. The van der Waals surface area contributed by atoms with E-state index in [-0.39, 0.29) is 29.3 Å². The molecule has 0 saturated carbocycles. The molecule has 0 aliphatic carbocycles. The molecule has 1 heterocycles. The number of aromatic nitrogens is 2. The van der Waals surface area contributed by atoms with Crippen LogP contribution in [-0.2, 0) is 13.5 Å². The summed E-state index contributed by atoms with van der Waals surface area (Å²) in [5.41, 5.74) is 1.87. The SMILES string of the molecule is Cc1nc(SCC(=O)c2ccccc2)n(C)c(=O)c1Cc1ccccc1F. The molecule has 0 fully saturated rings. The molecule has 0 amide bonds. The van der Waals surface area contributed by atoms with Crippen LogP contribution in [0.2, 0.25) is 0 Å². The minimum absolute atomic E-state index is 0.0251. The monoisotopic (exact) mass is 382 g/mol. The fraction of sp³-hybridized carbons (Fsp3) is 0.190. The minimum atomic E-state index is -0.342. The number of nitrogens with zero attached hydrogens (tertiary/aromatic N) is 2. The largest absolute Gasteiger partial charge is 0.293 e. The molecule has 0 N–H and O–H groups in total.